The molecule has 1 saturated heterocycles. The first-order valence-corrected chi connectivity index (χ1v) is 11.3. The molecule has 6 nitrogen and oxygen atoms in total. The van der Waals surface area contributed by atoms with Crippen molar-refractivity contribution in [3.8, 4) is 5.75 Å². The highest BCUT2D eigenvalue weighted by atomic mass is 35.5. The third-order valence-electron chi connectivity index (χ3n) is 4.02. The molecule has 2 aromatic rings. The van der Waals surface area contributed by atoms with E-state index >= 15 is 0 Å². The summed E-state index contributed by atoms with van der Waals surface area (Å²) in [5.74, 6) is 0.119. The minimum atomic E-state index is -3.42. The molecular weight excluding hydrogens is 431 g/mol. The molecule has 1 amide bonds. The molecule has 0 bridgehead atoms. The van der Waals surface area contributed by atoms with Crippen LogP contribution in [0.3, 0.4) is 0 Å². The van der Waals surface area contributed by atoms with Crippen molar-refractivity contribution in [1.29, 1.82) is 0 Å². The van der Waals surface area contributed by atoms with E-state index in [4.69, 9.17) is 27.9 Å². The molecule has 1 aliphatic heterocycles. The smallest absolute Gasteiger partial charge is 0.258 e. The van der Waals surface area contributed by atoms with Gasteiger partial charge in [-0.3, -0.25) is 4.79 Å². The Bertz CT molecular complexity index is 925. The maximum atomic E-state index is 12.5. The van der Waals surface area contributed by atoms with E-state index in [2.05, 4.69) is 5.32 Å². The minimum Gasteiger partial charge on any atom is -0.484 e. The number of halogens is 2. The fraction of sp³-hybridized carbons (Fsp3) is 0.353. The quantitative estimate of drug-likeness (QED) is 0.702. The van der Waals surface area contributed by atoms with Gasteiger partial charge in [-0.15, -0.1) is 11.3 Å². The highest BCUT2D eigenvalue weighted by molar-refractivity contribution is 7.91. The maximum Gasteiger partial charge on any atom is 0.258 e. The molecule has 10 heteroatoms. The van der Waals surface area contributed by atoms with E-state index in [1.54, 1.807) is 24.3 Å². The molecule has 1 N–H and O–H groups in total. The molecule has 0 saturated carbocycles. The lowest BCUT2D eigenvalue weighted by atomic mass is 10.3. The number of hydrogen-bond donors (Lipinski definition) is 1. The predicted molar refractivity (Wildman–Crippen MR) is 106 cm³/mol. The SMILES string of the molecule is O=C(COc1ccc(Cl)c(Cl)c1)NCc1ccc(S(=O)(=O)N2CCCC2)s1. The molecule has 2 heterocycles. The summed E-state index contributed by atoms with van der Waals surface area (Å²) in [6, 6.07) is 8.05. The Morgan fingerprint density at radius 2 is 1.89 bits per heavy atom. The van der Waals surface area contributed by atoms with Crippen molar-refractivity contribution in [2.24, 2.45) is 0 Å². The van der Waals surface area contributed by atoms with Gasteiger partial charge < -0.3 is 10.1 Å². The van der Waals surface area contributed by atoms with Crippen LogP contribution in [0.4, 0.5) is 0 Å². The fourth-order valence-corrected chi connectivity index (χ4v) is 5.85. The zero-order valence-electron chi connectivity index (χ0n) is 14.3. The van der Waals surface area contributed by atoms with Crippen molar-refractivity contribution in [3.63, 3.8) is 0 Å². The normalized spacial score (nSPS) is 15.0. The van der Waals surface area contributed by atoms with Gasteiger partial charge in [0.2, 0.25) is 0 Å². The standard InChI is InChI=1S/C17H18Cl2N2O4S2/c18-14-5-3-12(9-15(14)19)25-11-16(22)20-10-13-4-6-17(26-13)27(23,24)21-7-1-2-8-21/h3-6,9H,1-2,7-8,10-11H2,(H,20,22). The number of sulfonamides is 1. The van der Waals surface area contributed by atoms with Crippen LogP contribution in [0.15, 0.2) is 34.5 Å². The fourth-order valence-electron chi connectivity index (χ4n) is 2.60. The first kappa shape index (κ1) is 20.4. The molecule has 0 atom stereocenters. The minimum absolute atomic E-state index is 0.178. The average Bonchev–Trinajstić information content (AvgIpc) is 3.33. The van der Waals surface area contributed by atoms with Crippen molar-refractivity contribution >= 4 is 50.5 Å². The average molecular weight is 449 g/mol. The van der Waals surface area contributed by atoms with E-state index in [1.807, 2.05) is 0 Å². The summed E-state index contributed by atoms with van der Waals surface area (Å²) < 4.78 is 32.2. The van der Waals surface area contributed by atoms with Gasteiger partial charge in [0.25, 0.3) is 15.9 Å². The summed E-state index contributed by atoms with van der Waals surface area (Å²) in [5, 5.41) is 3.46. The van der Waals surface area contributed by atoms with Gasteiger partial charge >= 0.3 is 0 Å². The van der Waals surface area contributed by atoms with Crippen LogP contribution < -0.4 is 10.1 Å². The van der Waals surface area contributed by atoms with Crippen molar-refractivity contribution in [2.45, 2.75) is 23.6 Å². The Morgan fingerprint density at radius 3 is 2.59 bits per heavy atom. The largest absolute Gasteiger partial charge is 0.484 e. The summed E-state index contributed by atoms with van der Waals surface area (Å²) in [5.41, 5.74) is 0. The van der Waals surface area contributed by atoms with E-state index in [0.29, 0.717) is 33.1 Å². The van der Waals surface area contributed by atoms with E-state index in [1.165, 1.54) is 21.7 Å². The molecule has 1 fully saturated rings. The molecule has 0 spiro atoms. The Kier molecular flexibility index (Phi) is 6.65. The molecule has 1 aromatic heterocycles. The van der Waals surface area contributed by atoms with Gasteiger partial charge in [0.15, 0.2) is 6.61 Å². The van der Waals surface area contributed by atoms with Crippen molar-refractivity contribution in [1.82, 2.24) is 9.62 Å². The summed E-state index contributed by atoms with van der Waals surface area (Å²) in [4.78, 5) is 12.7. The van der Waals surface area contributed by atoms with Crippen LogP contribution in [0.2, 0.25) is 10.0 Å². The molecule has 146 valence electrons. The van der Waals surface area contributed by atoms with Gasteiger partial charge in [0.05, 0.1) is 16.6 Å². The monoisotopic (exact) mass is 448 g/mol. The van der Waals surface area contributed by atoms with Crippen LogP contribution in [0.5, 0.6) is 5.75 Å². The third-order valence-corrected chi connectivity index (χ3v) is 8.21. The Labute approximate surface area is 172 Å². The highest BCUT2D eigenvalue weighted by Crippen LogP contribution is 2.28. The maximum absolute atomic E-state index is 12.5. The van der Waals surface area contributed by atoms with Crippen LogP contribution in [-0.4, -0.2) is 38.3 Å². The van der Waals surface area contributed by atoms with Crippen LogP contribution >= 0.6 is 34.5 Å². The number of nitrogens with one attached hydrogen (secondary N) is 1. The molecule has 0 aliphatic carbocycles. The zero-order valence-corrected chi connectivity index (χ0v) is 17.4. The van der Waals surface area contributed by atoms with E-state index in [0.717, 1.165) is 17.7 Å². The second-order valence-electron chi connectivity index (χ2n) is 5.97. The number of carbonyl (C=O) groups excluding carboxylic acids is 1. The van der Waals surface area contributed by atoms with Gasteiger partial charge in [-0.2, -0.15) is 4.31 Å². The van der Waals surface area contributed by atoms with Gasteiger partial charge in [0.1, 0.15) is 9.96 Å². The molecule has 0 unspecified atom stereocenters. The van der Waals surface area contributed by atoms with Crippen LogP contribution in [-0.2, 0) is 21.4 Å². The summed E-state index contributed by atoms with van der Waals surface area (Å²) in [6.45, 7) is 1.20. The lowest BCUT2D eigenvalue weighted by molar-refractivity contribution is -0.123. The topological polar surface area (TPSA) is 75.7 Å². The Hall–Kier alpha value is -1.32. The lowest BCUT2D eigenvalue weighted by Crippen LogP contribution is -2.28. The van der Waals surface area contributed by atoms with E-state index in [-0.39, 0.29) is 19.1 Å². The second-order valence-corrected chi connectivity index (χ2v) is 10.1. The van der Waals surface area contributed by atoms with Crippen LogP contribution in [0.25, 0.3) is 0 Å². The van der Waals surface area contributed by atoms with Crippen molar-refractivity contribution in [3.05, 3.63) is 45.3 Å². The van der Waals surface area contributed by atoms with Crippen LogP contribution in [0.1, 0.15) is 17.7 Å². The van der Waals surface area contributed by atoms with Crippen molar-refractivity contribution < 1.29 is 17.9 Å². The number of ether oxygens (including phenoxy) is 1. The molecule has 1 aliphatic rings. The highest BCUT2D eigenvalue weighted by Gasteiger charge is 2.28. The predicted octanol–water partition coefficient (Wildman–Crippen LogP) is 3.53. The first-order chi connectivity index (χ1) is 12.9. The number of nitrogens with zero attached hydrogens (tertiary/aromatic N) is 1. The first-order valence-electron chi connectivity index (χ1n) is 8.30. The molecule has 1 aromatic carbocycles. The molecule has 3 rings (SSSR count). The number of amides is 1. The van der Waals surface area contributed by atoms with E-state index < -0.39 is 10.0 Å². The lowest BCUT2D eigenvalue weighted by Gasteiger charge is -2.13. The second kappa shape index (κ2) is 8.79. The van der Waals surface area contributed by atoms with Gasteiger partial charge in [-0.1, -0.05) is 23.2 Å². The number of carbonyl (C=O) groups is 1. The molecular formula is C17H18Cl2N2O4S2. The van der Waals surface area contributed by atoms with E-state index in [9.17, 15) is 13.2 Å². The van der Waals surface area contributed by atoms with Crippen molar-refractivity contribution in [2.75, 3.05) is 19.7 Å². The number of rotatable bonds is 7. The molecule has 0 radical (unpaired) electrons. The Morgan fingerprint density at radius 1 is 1.15 bits per heavy atom. The summed E-state index contributed by atoms with van der Waals surface area (Å²) in [7, 11) is -3.42. The van der Waals surface area contributed by atoms with Gasteiger partial charge in [-0.25, -0.2) is 8.42 Å². The summed E-state index contributed by atoms with van der Waals surface area (Å²) in [6.07, 6.45) is 1.79. The van der Waals surface area contributed by atoms with Gasteiger partial charge in [0, 0.05) is 24.0 Å². The summed E-state index contributed by atoms with van der Waals surface area (Å²) >= 11 is 12.9. The zero-order chi connectivity index (χ0) is 19.4. The number of benzene rings is 1. The number of thiophene rings is 1. The van der Waals surface area contributed by atoms with Crippen LogP contribution in [0, 0.1) is 0 Å². The Balaban J connectivity index is 1.50. The number of hydrogen-bond acceptors (Lipinski definition) is 5. The third kappa shape index (κ3) is 5.14. The molecule has 27 heavy (non-hydrogen) atoms. The van der Waals surface area contributed by atoms with Gasteiger partial charge in [-0.05, 0) is 37.1 Å².